The van der Waals surface area contributed by atoms with Gasteiger partial charge >= 0.3 is 0 Å². The highest BCUT2D eigenvalue weighted by Gasteiger charge is 2.23. The summed E-state index contributed by atoms with van der Waals surface area (Å²) in [5.74, 6) is 1.21. The molecular weight excluding hydrogens is 236 g/mol. The van der Waals surface area contributed by atoms with Gasteiger partial charge in [0, 0.05) is 16.5 Å². The van der Waals surface area contributed by atoms with E-state index in [0.29, 0.717) is 5.92 Å². The van der Waals surface area contributed by atoms with E-state index in [1.165, 1.54) is 0 Å². The van der Waals surface area contributed by atoms with Gasteiger partial charge in [-0.1, -0.05) is 25.4 Å². The van der Waals surface area contributed by atoms with Crippen molar-refractivity contribution in [1.29, 1.82) is 0 Å². The SMILES string of the molecule is COc1cc(C)c(Cl)c(C)c1C(CO)C(C)C. The van der Waals surface area contributed by atoms with E-state index in [-0.39, 0.29) is 12.5 Å². The topological polar surface area (TPSA) is 29.5 Å². The van der Waals surface area contributed by atoms with Gasteiger partial charge in [-0.3, -0.25) is 0 Å². The minimum absolute atomic E-state index is 0.0584. The van der Waals surface area contributed by atoms with Gasteiger partial charge < -0.3 is 9.84 Å². The summed E-state index contributed by atoms with van der Waals surface area (Å²) in [6, 6.07) is 1.94. The lowest BCUT2D eigenvalue weighted by Crippen LogP contribution is -2.14. The number of halogens is 1. The summed E-state index contributed by atoms with van der Waals surface area (Å²) in [4.78, 5) is 0. The molecular formula is C14H21ClO2. The average molecular weight is 257 g/mol. The maximum Gasteiger partial charge on any atom is 0.123 e. The van der Waals surface area contributed by atoms with Gasteiger partial charge in [-0.05, 0) is 37.0 Å². The van der Waals surface area contributed by atoms with Crippen LogP contribution < -0.4 is 4.74 Å². The van der Waals surface area contributed by atoms with Crippen LogP contribution in [0.2, 0.25) is 5.02 Å². The first-order chi connectivity index (χ1) is 7.93. The molecule has 0 amide bonds. The predicted molar refractivity (Wildman–Crippen MR) is 72.1 cm³/mol. The van der Waals surface area contributed by atoms with Gasteiger partial charge in [0.25, 0.3) is 0 Å². The van der Waals surface area contributed by atoms with Gasteiger partial charge in [-0.15, -0.1) is 0 Å². The highest BCUT2D eigenvalue weighted by molar-refractivity contribution is 6.32. The largest absolute Gasteiger partial charge is 0.496 e. The van der Waals surface area contributed by atoms with Gasteiger partial charge in [0.2, 0.25) is 0 Å². The number of hydrogen-bond donors (Lipinski definition) is 1. The second-order valence-electron chi connectivity index (χ2n) is 4.78. The molecule has 0 aliphatic carbocycles. The van der Waals surface area contributed by atoms with Gasteiger partial charge in [0.1, 0.15) is 5.75 Å². The van der Waals surface area contributed by atoms with E-state index in [9.17, 15) is 5.11 Å². The third-order valence-electron chi connectivity index (χ3n) is 3.28. The Morgan fingerprint density at radius 1 is 1.35 bits per heavy atom. The molecule has 1 aromatic rings. The molecule has 17 heavy (non-hydrogen) atoms. The molecule has 0 radical (unpaired) electrons. The molecule has 0 saturated carbocycles. The second-order valence-corrected chi connectivity index (χ2v) is 5.16. The summed E-state index contributed by atoms with van der Waals surface area (Å²) < 4.78 is 5.43. The first kappa shape index (κ1) is 14.3. The molecule has 0 aliphatic rings. The smallest absolute Gasteiger partial charge is 0.123 e. The Balaban J connectivity index is 3.44. The van der Waals surface area contributed by atoms with Crippen LogP contribution in [0.1, 0.15) is 36.5 Å². The number of rotatable bonds is 4. The van der Waals surface area contributed by atoms with Crippen molar-refractivity contribution in [3.8, 4) is 5.75 Å². The van der Waals surface area contributed by atoms with Crippen LogP contribution >= 0.6 is 11.6 Å². The zero-order chi connectivity index (χ0) is 13.2. The molecule has 96 valence electrons. The summed E-state index contributed by atoms with van der Waals surface area (Å²) in [6.45, 7) is 8.23. The molecule has 0 fully saturated rings. The van der Waals surface area contributed by atoms with Crippen molar-refractivity contribution in [3.05, 3.63) is 27.8 Å². The Kier molecular flexibility index (Phi) is 4.84. The molecule has 0 bridgehead atoms. The van der Waals surface area contributed by atoms with Crippen molar-refractivity contribution < 1.29 is 9.84 Å². The van der Waals surface area contributed by atoms with Crippen LogP contribution in [0.15, 0.2) is 6.07 Å². The molecule has 0 aliphatic heterocycles. The standard InChI is InChI=1S/C14H21ClO2/c1-8(2)11(7-16)13-10(4)14(15)9(3)6-12(13)17-5/h6,8,11,16H,7H2,1-5H3. The minimum atomic E-state index is 0.0584. The van der Waals surface area contributed by atoms with E-state index in [0.717, 1.165) is 27.5 Å². The summed E-state index contributed by atoms with van der Waals surface area (Å²) in [7, 11) is 1.65. The Morgan fingerprint density at radius 2 is 1.94 bits per heavy atom. The summed E-state index contributed by atoms with van der Waals surface area (Å²) >= 11 is 6.28. The van der Waals surface area contributed by atoms with E-state index >= 15 is 0 Å². The quantitative estimate of drug-likeness (QED) is 0.890. The van der Waals surface area contributed by atoms with Crippen LogP contribution in [-0.4, -0.2) is 18.8 Å². The van der Waals surface area contributed by atoms with E-state index in [1.807, 2.05) is 19.9 Å². The molecule has 1 unspecified atom stereocenters. The fraction of sp³-hybridized carbons (Fsp3) is 0.571. The number of hydrogen-bond acceptors (Lipinski definition) is 2. The Hall–Kier alpha value is -0.730. The van der Waals surface area contributed by atoms with Crippen molar-refractivity contribution in [2.24, 2.45) is 5.92 Å². The van der Waals surface area contributed by atoms with Gasteiger partial charge in [-0.2, -0.15) is 0 Å². The van der Waals surface area contributed by atoms with Gasteiger partial charge in [-0.25, -0.2) is 0 Å². The maximum absolute atomic E-state index is 9.56. The van der Waals surface area contributed by atoms with Crippen LogP contribution in [0, 0.1) is 19.8 Å². The lowest BCUT2D eigenvalue weighted by molar-refractivity contribution is 0.233. The normalized spacial score (nSPS) is 12.9. The van der Waals surface area contributed by atoms with Crippen molar-refractivity contribution in [1.82, 2.24) is 0 Å². The predicted octanol–water partition coefficient (Wildman–Crippen LogP) is 3.70. The zero-order valence-corrected chi connectivity index (χ0v) is 11.9. The lowest BCUT2D eigenvalue weighted by Gasteiger charge is -2.24. The Labute approximate surface area is 109 Å². The number of aliphatic hydroxyl groups is 1. The fourth-order valence-electron chi connectivity index (χ4n) is 2.20. The van der Waals surface area contributed by atoms with E-state index < -0.39 is 0 Å². The second kappa shape index (κ2) is 5.74. The molecule has 1 atom stereocenters. The van der Waals surface area contributed by atoms with Crippen LogP contribution in [0.3, 0.4) is 0 Å². The molecule has 3 heteroatoms. The van der Waals surface area contributed by atoms with Gasteiger partial charge in [0.05, 0.1) is 13.7 Å². The first-order valence-corrected chi connectivity index (χ1v) is 6.26. The van der Waals surface area contributed by atoms with Crippen LogP contribution in [-0.2, 0) is 0 Å². The summed E-state index contributed by atoms with van der Waals surface area (Å²) in [6.07, 6.45) is 0. The van der Waals surface area contributed by atoms with E-state index in [4.69, 9.17) is 16.3 Å². The maximum atomic E-state index is 9.56. The van der Waals surface area contributed by atoms with Crippen molar-refractivity contribution in [2.75, 3.05) is 13.7 Å². The Morgan fingerprint density at radius 3 is 2.35 bits per heavy atom. The third-order valence-corrected chi connectivity index (χ3v) is 3.87. The molecule has 1 rings (SSSR count). The zero-order valence-electron chi connectivity index (χ0n) is 11.2. The first-order valence-electron chi connectivity index (χ1n) is 5.88. The molecule has 2 nitrogen and oxygen atoms in total. The highest BCUT2D eigenvalue weighted by Crippen LogP contribution is 2.39. The number of methoxy groups -OCH3 is 1. The minimum Gasteiger partial charge on any atom is -0.496 e. The van der Waals surface area contributed by atoms with Crippen LogP contribution in [0.5, 0.6) is 5.75 Å². The molecule has 0 saturated heterocycles. The van der Waals surface area contributed by atoms with Crippen LogP contribution in [0.25, 0.3) is 0 Å². The summed E-state index contributed by atoms with van der Waals surface area (Å²) in [5.41, 5.74) is 3.04. The monoisotopic (exact) mass is 256 g/mol. The summed E-state index contributed by atoms with van der Waals surface area (Å²) in [5, 5.41) is 10.3. The van der Waals surface area contributed by atoms with Crippen LogP contribution in [0.4, 0.5) is 0 Å². The van der Waals surface area contributed by atoms with Crippen molar-refractivity contribution in [3.63, 3.8) is 0 Å². The number of benzene rings is 1. The number of aliphatic hydroxyl groups excluding tert-OH is 1. The van der Waals surface area contributed by atoms with E-state index in [2.05, 4.69) is 13.8 Å². The molecule has 1 aromatic carbocycles. The Bertz CT molecular complexity index is 400. The molecule has 1 N–H and O–H groups in total. The number of aryl methyl sites for hydroxylation is 1. The number of ether oxygens (including phenoxy) is 1. The fourth-order valence-corrected chi connectivity index (χ4v) is 2.36. The van der Waals surface area contributed by atoms with Crippen molar-refractivity contribution in [2.45, 2.75) is 33.6 Å². The molecule has 0 heterocycles. The van der Waals surface area contributed by atoms with Gasteiger partial charge in [0.15, 0.2) is 0 Å². The third kappa shape index (κ3) is 2.75. The van der Waals surface area contributed by atoms with Crippen molar-refractivity contribution >= 4 is 11.6 Å². The molecule has 0 aromatic heterocycles. The highest BCUT2D eigenvalue weighted by atomic mass is 35.5. The molecule has 0 spiro atoms. The average Bonchev–Trinajstić information content (AvgIpc) is 2.29. The lowest BCUT2D eigenvalue weighted by atomic mass is 9.85. The van der Waals surface area contributed by atoms with E-state index in [1.54, 1.807) is 7.11 Å².